The summed E-state index contributed by atoms with van der Waals surface area (Å²) in [6.07, 6.45) is 1.46. The number of nitrogens with one attached hydrogen (secondary N) is 1. The van der Waals surface area contributed by atoms with Crippen LogP contribution >= 0.6 is 35.6 Å². The summed E-state index contributed by atoms with van der Waals surface area (Å²) >= 11 is 12.4. The van der Waals surface area contributed by atoms with Crippen LogP contribution in [0.3, 0.4) is 0 Å². The fraction of sp³-hybridized carbons (Fsp3) is 0.375. The van der Waals surface area contributed by atoms with Gasteiger partial charge >= 0.3 is 11.9 Å². The Bertz CT molecular complexity index is 1020. The normalized spacial score (nSPS) is 11.1. The van der Waals surface area contributed by atoms with Crippen molar-refractivity contribution in [2.24, 2.45) is 5.73 Å². The Morgan fingerprint density at radius 2 is 1.81 bits per heavy atom. The Morgan fingerprint density at radius 3 is 2.44 bits per heavy atom. The fourth-order valence-corrected chi connectivity index (χ4v) is 3.59. The maximum Gasteiger partial charge on any atom is 0.344 e. The van der Waals surface area contributed by atoms with Gasteiger partial charge in [0, 0.05) is 6.42 Å². The number of ether oxygens (including phenoxy) is 3. The molecule has 0 aliphatic heterocycles. The highest BCUT2D eigenvalue weighted by Crippen LogP contribution is 2.42. The first-order valence-corrected chi connectivity index (χ1v) is 11.7. The lowest BCUT2D eigenvalue weighted by molar-refractivity contribution is -0.159. The minimum Gasteiger partial charge on any atom is -0.505 e. The van der Waals surface area contributed by atoms with Gasteiger partial charge in [-0.25, -0.2) is 9.59 Å². The molecule has 36 heavy (non-hydrogen) atoms. The lowest BCUT2D eigenvalue weighted by atomic mass is 10.1. The number of phenols is 1. The first kappa shape index (κ1) is 31.3. The van der Waals surface area contributed by atoms with Crippen molar-refractivity contribution in [2.45, 2.75) is 32.2 Å². The van der Waals surface area contributed by atoms with E-state index < -0.39 is 36.2 Å². The van der Waals surface area contributed by atoms with Crippen LogP contribution in [0.5, 0.6) is 11.5 Å². The maximum absolute atomic E-state index is 13.0. The van der Waals surface area contributed by atoms with E-state index in [9.17, 15) is 19.5 Å². The summed E-state index contributed by atoms with van der Waals surface area (Å²) in [5.74, 6) is -2.92. The number of esters is 2. The Balaban J connectivity index is 0.00000648. The molecular weight excluding hydrogens is 535 g/mol. The van der Waals surface area contributed by atoms with E-state index in [0.29, 0.717) is 13.0 Å². The van der Waals surface area contributed by atoms with Gasteiger partial charge in [0.25, 0.3) is 5.91 Å². The van der Waals surface area contributed by atoms with Crippen LogP contribution in [-0.4, -0.2) is 55.4 Å². The maximum atomic E-state index is 13.0. The summed E-state index contributed by atoms with van der Waals surface area (Å²) in [5.41, 5.74) is 5.92. The number of rotatable bonds is 13. The van der Waals surface area contributed by atoms with E-state index in [1.165, 1.54) is 6.07 Å². The number of aromatic hydroxyl groups is 1. The number of hydrogen-bond donors (Lipinski definition) is 3. The first-order valence-electron chi connectivity index (χ1n) is 11.0. The lowest BCUT2D eigenvalue weighted by Crippen LogP contribution is -2.44. The number of halogens is 3. The SMILES string of the molecule is CCOC(=O)COC(=O)[C@H](Cc1ccccc1)NC(=O)c1cc(Cl)c(OCCCCN)c(Cl)c1O.Cl. The molecule has 1 amide bonds. The van der Waals surface area contributed by atoms with Crippen molar-refractivity contribution in [1.82, 2.24) is 5.32 Å². The molecule has 198 valence electrons. The van der Waals surface area contributed by atoms with E-state index >= 15 is 0 Å². The van der Waals surface area contributed by atoms with E-state index in [2.05, 4.69) is 5.32 Å². The third-order valence-electron chi connectivity index (χ3n) is 4.75. The summed E-state index contributed by atoms with van der Waals surface area (Å²) in [6.45, 7) is 1.92. The van der Waals surface area contributed by atoms with E-state index in [4.69, 9.17) is 43.1 Å². The average Bonchev–Trinajstić information content (AvgIpc) is 2.84. The summed E-state index contributed by atoms with van der Waals surface area (Å²) in [5, 5.41) is 12.8. The van der Waals surface area contributed by atoms with Crippen molar-refractivity contribution in [1.29, 1.82) is 0 Å². The predicted octanol–water partition coefficient (Wildman–Crippen LogP) is 3.69. The average molecular weight is 564 g/mol. The zero-order valence-corrected chi connectivity index (χ0v) is 22.0. The summed E-state index contributed by atoms with van der Waals surface area (Å²) < 4.78 is 15.3. The van der Waals surface area contributed by atoms with Gasteiger partial charge in [-0.1, -0.05) is 53.5 Å². The molecule has 1 atom stereocenters. The van der Waals surface area contributed by atoms with Crippen molar-refractivity contribution >= 4 is 53.5 Å². The number of carbonyl (C=O) groups is 3. The van der Waals surface area contributed by atoms with Gasteiger partial charge in [-0.05, 0) is 37.9 Å². The number of hydrogen-bond acceptors (Lipinski definition) is 8. The molecule has 0 fully saturated rings. The molecule has 4 N–H and O–H groups in total. The monoisotopic (exact) mass is 562 g/mol. The van der Waals surface area contributed by atoms with E-state index in [-0.39, 0.29) is 53.4 Å². The molecule has 0 spiro atoms. The largest absolute Gasteiger partial charge is 0.505 e. The molecule has 0 saturated heterocycles. The molecule has 0 unspecified atom stereocenters. The molecule has 0 heterocycles. The standard InChI is InChI=1S/C24H28Cl2N2O7.ClH/c1-2-33-19(29)14-35-24(32)18(12-15-8-4-3-5-9-15)28-23(31)16-13-17(25)22(20(26)21(16)30)34-11-7-6-10-27;/h3-5,8-9,13,18,30H,2,6-7,10-12,14,27H2,1H3,(H,28,31);1H/t18-;/m0./s1. The molecule has 0 aliphatic rings. The molecule has 0 saturated carbocycles. The zero-order valence-electron chi connectivity index (χ0n) is 19.6. The highest BCUT2D eigenvalue weighted by atomic mass is 35.5. The van der Waals surface area contributed by atoms with Crippen molar-refractivity contribution in [2.75, 3.05) is 26.4 Å². The molecule has 0 radical (unpaired) electrons. The molecule has 9 nitrogen and oxygen atoms in total. The van der Waals surface area contributed by atoms with Crippen LogP contribution in [0.15, 0.2) is 36.4 Å². The number of nitrogens with two attached hydrogens (primary N) is 1. The summed E-state index contributed by atoms with van der Waals surface area (Å²) in [7, 11) is 0. The fourth-order valence-electron chi connectivity index (χ4n) is 3.03. The van der Waals surface area contributed by atoms with E-state index in [1.807, 2.05) is 0 Å². The molecular formula is C24H29Cl3N2O7. The minimum atomic E-state index is -1.18. The quantitative estimate of drug-likeness (QED) is 0.248. The number of phenolic OH excluding ortho intramolecular Hbond substituents is 1. The molecule has 2 aromatic carbocycles. The van der Waals surface area contributed by atoms with Crippen LogP contribution in [-0.2, 0) is 25.5 Å². The van der Waals surface area contributed by atoms with Gasteiger partial charge in [0.05, 0.1) is 23.8 Å². The van der Waals surface area contributed by atoms with Crippen LogP contribution < -0.4 is 15.8 Å². The topological polar surface area (TPSA) is 137 Å². The van der Waals surface area contributed by atoms with Gasteiger partial charge in [0.2, 0.25) is 0 Å². The van der Waals surface area contributed by atoms with Crippen molar-refractivity contribution in [3.63, 3.8) is 0 Å². The second-order valence-corrected chi connectivity index (χ2v) is 8.16. The van der Waals surface area contributed by atoms with Gasteiger partial charge in [0.15, 0.2) is 18.1 Å². The predicted molar refractivity (Wildman–Crippen MR) is 138 cm³/mol. The van der Waals surface area contributed by atoms with E-state index in [0.717, 1.165) is 12.0 Å². The van der Waals surface area contributed by atoms with Crippen LogP contribution in [0.4, 0.5) is 0 Å². The molecule has 2 aromatic rings. The molecule has 0 aromatic heterocycles. The highest BCUT2D eigenvalue weighted by molar-refractivity contribution is 6.39. The van der Waals surface area contributed by atoms with Gasteiger partial charge in [0.1, 0.15) is 11.1 Å². The van der Waals surface area contributed by atoms with Crippen LogP contribution in [0, 0.1) is 0 Å². The number of amides is 1. The third kappa shape index (κ3) is 9.39. The third-order valence-corrected chi connectivity index (χ3v) is 5.38. The second kappa shape index (κ2) is 16.1. The van der Waals surface area contributed by atoms with Gasteiger partial charge in [-0.3, -0.25) is 4.79 Å². The zero-order chi connectivity index (χ0) is 25.8. The first-order chi connectivity index (χ1) is 16.8. The second-order valence-electron chi connectivity index (χ2n) is 7.37. The van der Waals surface area contributed by atoms with Crippen molar-refractivity contribution < 1.29 is 33.7 Å². The Morgan fingerprint density at radius 1 is 1.11 bits per heavy atom. The van der Waals surface area contributed by atoms with Crippen molar-refractivity contribution in [3.05, 3.63) is 57.6 Å². The lowest BCUT2D eigenvalue weighted by Gasteiger charge is -2.19. The summed E-state index contributed by atoms with van der Waals surface area (Å²) in [4.78, 5) is 37.2. The van der Waals surface area contributed by atoms with Crippen LogP contribution in [0.2, 0.25) is 10.0 Å². The smallest absolute Gasteiger partial charge is 0.344 e. The Labute approximate surface area is 225 Å². The van der Waals surface area contributed by atoms with Gasteiger partial charge in [-0.15, -0.1) is 12.4 Å². The Hall–Kier alpha value is -2.72. The summed E-state index contributed by atoms with van der Waals surface area (Å²) in [6, 6.07) is 8.89. The molecule has 0 bridgehead atoms. The Kier molecular flexibility index (Phi) is 14.0. The van der Waals surface area contributed by atoms with E-state index in [1.54, 1.807) is 37.3 Å². The van der Waals surface area contributed by atoms with Gasteiger partial charge < -0.3 is 30.4 Å². The minimum absolute atomic E-state index is 0. The number of carbonyl (C=O) groups excluding carboxylic acids is 3. The van der Waals surface area contributed by atoms with Gasteiger partial charge in [-0.2, -0.15) is 0 Å². The highest BCUT2D eigenvalue weighted by Gasteiger charge is 2.27. The molecule has 0 aliphatic carbocycles. The van der Waals surface area contributed by atoms with Crippen molar-refractivity contribution in [3.8, 4) is 11.5 Å². The number of benzene rings is 2. The molecule has 2 rings (SSSR count). The molecule has 12 heteroatoms. The van der Waals surface area contributed by atoms with Crippen LogP contribution in [0.25, 0.3) is 0 Å². The number of unbranched alkanes of at least 4 members (excludes halogenated alkanes) is 1. The van der Waals surface area contributed by atoms with Crippen LogP contribution in [0.1, 0.15) is 35.7 Å².